The SMILES string of the molecule is Cc1nn(C2CCOC3(CCCC3)C2)c(C)c1S(=O)(=O)Cl. The molecule has 0 radical (unpaired) electrons. The molecule has 2 aliphatic rings. The molecule has 1 saturated carbocycles. The average molecular weight is 333 g/mol. The van der Waals surface area contributed by atoms with Gasteiger partial charge in [0.25, 0.3) is 9.05 Å². The molecule has 1 aromatic rings. The van der Waals surface area contributed by atoms with E-state index in [2.05, 4.69) is 5.10 Å². The molecule has 5 nitrogen and oxygen atoms in total. The van der Waals surface area contributed by atoms with Gasteiger partial charge in [0.15, 0.2) is 0 Å². The minimum atomic E-state index is -3.75. The van der Waals surface area contributed by atoms with Gasteiger partial charge >= 0.3 is 0 Å². The normalized spacial score (nSPS) is 25.6. The lowest BCUT2D eigenvalue weighted by atomic mass is 9.89. The molecule has 118 valence electrons. The second kappa shape index (κ2) is 5.25. The molecular formula is C14H21ClN2O3S. The number of aryl methyl sites for hydroxylation is 1. The second-order valence-electron chi connectivity index (χ2n) is 6.27. The monoisotopic (exact) mass is 332 g/mol. The van der Waals surface area contributed by atoms with Gasteiger partial charge in [-0.05, 0) is 39.5 Å². The van der Waals surface area contributed by atoms with Crippen molar-refractivity contribution in [2.75, 3.05) is 6.61 Å². The number of ether oxygens (including phenoxy) is 1. The van der Waals surface area contributed by atoms with E-state index in [1.54, 1.807) is 13.8 Å². The van der Waals surface area contributed by atoms with Crippen molar-refractivity contribution < 1.29 is 13.2 Å². The fourth-order valence-corrected chi connectivity index (χ4v) is 5.44. The zero-order valence-corrected chi connectivity index (χ0v) is 14.0. The number of halogens is 1. The van der Waals surface area contributed by atoms with Gasteiger partial charge in [-0.2, -0.15) is 5.10 Å². The molecule has 0 bridgehead atoms. The maximum atomic E-state index is 11.7. The number of aromatic nitrogens is 2. The molecule has 1 spiro atoms. The van der Waals surface area contributed by atoms with E-state index in [-0.39, 0.29) is 16.5 Å². The highest BCUT2D eigenvalue weighted by Gasteiger charge is 2.41. The molecule has 2 heterocycles. The summed E-state index contributed by atoms with van der Waals surface area (Å²) in [7, 11) is 1.78. The van der Waals surface area contributed by atoms with Crippen molar-refractivity contribution in [3.63, 3.8) is 0 Å². The summed E-state index contributed by atoms with van der Waals surface area (Å²) in [5.74, 6) is 0. The predicted octanol–water partition coefficient (Wildman–Crippen LogP) is 3.09. The molecule has 1 atom stereocenters. The molecule has 2 fully saturated rings. The molecule has 1 aromatic heterocycles. The van der Waals surface area contributed by atoms with Crippen LogP contribution in [0.4, 0.5) is 0 Å². The van der Waals surface area contributed by atoms with Gasteiger partial charge in [0.1, 0.15) is 4.90 Å². The van der Waals surface area contributed by atoms with Crippen LogP contribution in [0.5, 0.6) is 0 Å². The lowest BCUT2D eigenvalue weighted by Gasteiger charge is -2.38. The minimum Gasteiger partial charge on any atom is -0.375 e. The topological polar surface area (TPSA) is 61.2 Å². The molecular weight excluding hydrogens is 312 g/mol. The van der Waals surface area contributed by atoms with Crippen LogP contribution in [0.3, 0.4) is 0 Å². The highest BCUT2D eigenvalue weighted by molar-refractivity contribution is 8.13. The Morgan fingerprint density at radius 3 is 2.57 bits per heavy atom. The van der Waals surface area contributed by atoms with Crippen LogP contribution in [0.2, 0.25) is 0 Å². The second-order valence-corrected chi connectivity index (χ2v) is 8.77. The van der Waals surface area contributed by atoms with E-state index < -0.39 is 9.05 Å². The van der Waals surface area contributed by atoms with Gasteiger partial charge in [-0.3, -0.25) is 4.68 Å². The highest BCUT2D eigenvalue weighted by Crippen LogP contribution is 2.44. The van der Waals surface area contributed by atoms with Gasteiger partial charge < -0.3 is 4.74 Å². The van der Waals surface area contributed by atoms with Crippen LogP contribution in [0.15, 0.2) is 4.90 Å². The Labute approximate surface area is 130 Å². The fourth-order valence-electron chi connectivity index (χ4n) is 3.93. The zero-order valence-electron chi connectivity index (χ0n) is 12.4. The summed E-state index contributed by atoms with van der Waals surface area (Å²) in [5.41, 5.74) is 1.10. The van der Waals surface area contributed by atoms with E-state index in [0.29, 0.717) is 18.0 Å². The van der Waals surface area contributed by atoms with Crippen molar-refractivity contribution in [2.24, 2.45) is 0 Å². The zero-order chi connectivity index (χ0) is 15.3. The summed E-state index contributed by atoms with van der Waals surface area (Å²) >= 11 is 0. The quantitative estimate of drug-likeness (QED) is 0.781. The first-order valence-electron chi connectivity index (χ1n) is 7.47. The van der Waals surface area contributed by atoms with Gasteiger partial charge in [0.2, 0.25) is 0 Å². The van der Waals surface area contributed by atoms with Crippen LogP contribution < -0.4 is 0 Å². The Balaban J connectivity index is 1.94. The van der Waals surface area contributed by atoms with Crippen LogP contribution in [-0.4, -0.2) is 30.4 Å². The standard InChI is InChI=1S/C14H21ClN2O3S/c1-10-13(21(15,18)19)11(2)17(16-10)12-5-8-20-14(9-12)6-3-4-7-14/h12H,3-9H2,1-2H3. The average Bonchev–Trinajstić information content (AvgIpc) is 2.94. The van der Waals surface area contributed by atoms with Gasteiger partial charge in [0, 0.05) is 17.3 Å². The first-order valence-corrected chi connectivity index (χ1v) is 9.78. The van der Waals surface area contributed by atoms with Gasteiger partial charge in [-0.15, -0.1) is 0 Å². The Bertz CT molecular complexity index is 647. The molecule has 7 heteroatoms. The Morgan fingerprint density at radius 2 is 2.00 bits per heavy atom. The Hall–Kier alpha value is -0.590. The van der Waals surface area contributed by atoms with Crippen LogP contribution in [0, 0.1) is 13.8 Å². The Kier molecular flexibility index (Phi) is 3.83. The molecule has 0 N–H and O–H groups in total. The number of hydrogen-bond donors (Lipinski definition) is 0. The maximum Gasteiger partial charge on any atom is 0.264 e. The summed E-state index contributed by atoms with van der Waals surface area (Å²) in [6.07, 6.45) is 6.41. The highest BCUT2D eigenvalue weighted by atomic mass is 35.7. The minimum absolute atomic E-state index is 0.0186. The predicted molar refractivity (Wildman–Crippen MR) is 80.2 cm³/mol. The van der Waals surface area contributed by atoms with Crippen molar-refractivity contribution in [1.29, 1.82) is 0 Å². The van der Waals surface area contributed by atoms with Crippen molar-refractivity contribution >= 4 is 19.7 Å². The molecule has 0 amide bonds. The third kappa shape index (κ3) is 2.73. The van der Waals surface area contributed by atoms with Crippen molar-refractivity contribution in [3.05, 3.63) is 11.4 Å². The molecule has 1 saturated heterocycles. The largest absolute Gasteiger partial charge is 0.375 e. The first-order chi connectivity index (χ1) is 9.82. The summed E-state index contributed by atoms with van der Waals surface area (Å²) < 4.78 is 31.3. The van der Waals surface area contributed by atoms with Crippen LogP contribution >= 0.6 is 10.7 Å². The molecule has 21 heavy (non-hydrogen) atoms. The molecule has 1 aliphatic carbocycles. The van der Waals surface area contributed by atoms with E-state index in [1.807, 2.05) is 4.68 Å². The van der Waals surface area contributed by atoms with Gasteiger partial charge in [-0.25, -0.2) is 8.42 Å². The third-order valence-electron chi connectivity index (χ3n) is 4.83. The number of hydrogen-bond acceptors (Lipinski definition) is 4. The van der Waals surface area contributed by atoms with E-state index in [9.17, 15) is 8.42 Å². The van der Waals surface area contributed by atoms with Crippen LogP contribution in [-0.2, 0) is 13.8 Å². The summed E-state index contributed by atoms with van der Waals surface area (Å²) in [5, 5.41) is 4.45. The van der Waals surface area contributed by atoms with Gasteiger partial charge in [-0.1, -0.05) is 12.8 Å². The number of rotatable bonds is 2. The molecule has 3 rings (SSSR count). The van der Waals surface area contributed by atoms with E-state index >= 15 is 0 Å². The van der Waals surface area contributed by atoms with E-state index in [0.717, 1.165) is 25.7 Å². The van der Waals surface area contributed by atoms with Gasteiger partial charge in [0.05, 0.1) is 23.0 Å². The van der Waals surface area contributed by atoms with Crippen LogP contribution in [0.1, 0.15) is 56.0 Å². The van der Waals surface area contributed by atoms with E-state index in [4.69, 9.17) is 15.4 Å². The lowest BCUT2D eigenvalue weighted by molar-refractivity contribution is -0.0912. The summed E-state index contributed by atoms with van der Waals surface area (Å²) in [6, 6.07) is 0.197. The van der Waals surface area contributed by atoms with Crippen molar-refractivity contribution in [1.82, 2.24) is 9.78 Å². The maximum absolute atomic E-state index is 11.7. The summed E-state index contributed by atoms with van der Waals surface area (Å²) in [6.45, 7) is 4.20. The fraction of sp³-hybridized carbons (Fsp3) is 0.786. The molecule has 0 aromatic carbocycles. The van der Waals surface area contributed by atoms with Crippen molar-refractivity contribution in [3.8, 4) is 0 Å². The summed E-state index contributed by atoms with van der Waals surface area (Å²) in [4.78, 5) is 0.163. The lowest BCUT2D eigenvalue weighted by Crippen LogP contribution is -2.38. The first kappa shape index (κ1) is 15.3. The third-order valence-corrected chi connectivity index (χ3v) is 6.37. The molecule has 1 unspecified atom stereocenters. The Morgan fingerprint density at radius 1 is 1.33 bits per heavy atom. The smallest absolute Gasteiger partial charge is 0.264 e. The van der Waals surface area contributed by atoms with Crippen LogP contribution in [0.25, 0.3) is 0 Å². The number of nitrogens with zero attached hydrogens (tertiary/aromatic N) is 2. The van der Waals surface area contributed by atoms with E-state index in [1.165, 1.54) is 12.8 Å². The molecule has 1 aliphatic heterocycles. The van der Waals surface area contributed by atoms with Crippen molar-refractivity contribution in [2.45, 2.75) is 68.9 Å².